The van der Waals surface area contributed by atoms with E-state index >= 15 is 0 Å². The fourth-order valence-corrected chi connectivity index (χ4v) is 5.58. The van der Waals surface area contributed by atoms with Crippen LogP contribution < -0.4 is 5.32 Å². The van der Waals surface area contributed by atoms with Gasteiger partial charge in [-0.15, -0.1) is 0 Å². The van der Waals surface area contributed by atoms with Crippen LogP contribution in [0, 0.1) is 0 Å². The van der Waals surface area contributed by atoms with Crippen LogP contribution in [0.2, 0.25) is 0 Å². The predicted molar refractivity (Wildman–Crippen MR) is 129 cm³/mol. The Balaban J connectivity index is 1.54. The fraction of sp³-hybridized carbons (Fsp3) is 0.320. The number of hydrogen-bond donors (Lipinski definition) is 1. The maximum Gasteiger partial charge on any atom is 0.242 e. The highest BCUT2D eigenvalue weighted by Gasteiger charge is 2.26. The molecule has 1 saturated heterocycles. The van der Waals surface area contributed by atoms with Gasteiger partial charge in [0.25, 0.3) is 0 Å². The number of nitrogens with one attached hydrogen (secondary N) is 1. The molecule has 0 spiro atoms. The van der Waals surface area contributed by atoms with Crippen molar-refractivity contribution >= 4 is 44.0 Å². The van der Waals surface area contributed by atoms with E-state index in [0.717, 1.165) is 32.4 Å². The quantitative estimate of drug-likeness (QED) is 0.522. The standard InChI is InChI=1S/C25H27N3O5S/c1-18(29)19-9-11-20(12-10-19)26-24(30)17-34(32,33)23-15-28(22-8-4-3-7-21(22)23)16-25(31)27-13-5-2-6-14-27/h3-4,7-12,15H,2,5-6,13-14,16-17H2,1H3,(H,26,30). The van der Waals surface area contributed by atoms with Crippen molar-refractivity contribution in [3.63, 3.8) is 0 Å². The molecular weight excluding hydrogens is 454 g/mol. The number of fused-ring (bicyclic) bond motifs is 1. The molecule has 1 N–H and O–H groups in total. The van der Waals surface area contributed by atoms with Crippen molar-refractivity contribution in [3.8, 4) is 0 Å². The van der Waals surface area contributed by atoms with Gasteiger partial charge in [-0.05, 0) is 56.5 Å². The third kappa shape index (κ3) is 5.20. The van der Waals surface area contributed by atoms with E-state index in [1.807, 2.05) is 4.90 Å². The van der Waals surface area contributed by atoms with Gasteiger partial charge in [0.15, 0.2) is 15.6 Å². The van der Waals surface area contributed by atoms with E-state index in [1.54, 1.807) is 53.1 Å². The molecule has 178 valence electrons. The molecule has 2 amide bonds. The number of hydrogen-bond acceptors (Lipinski definition) is 5. The maximum absolute atomic E-state index is 13.2. The van der Waals surface area contributed by atoms with Crippen molar-refractivity contribution in [2.75, 3.05) is 24.2 Å². The number of nitrogens with zero attached hydrogens (tertiary/aromatic N) is 2. The summed E-state index contributed by atoms with van der Waals surface area (Å²) in [4.78, 5) is 38.5. The van der Waals surface area contributed by atoms with Crippen molar-refractivity contribution in [3.05, 3.63) is 60.3 Å². The van der Waals surface area contributed by atoms with Crippen molar-refractivity contribution in [2.24, 2.45) is 0 Å². The van der Waals surface area contributed by atoms with Crippen molar-refractivity contribution in [1.82, 2.24) is 9.47 Å². The lowest BCUT2D eigenvalue weighted by atomic mass is 10.1. The second-order valence-corrected chi connectivity index (χ2v) is 10.5. The topological polar surface area (TPSA) is 106 Å². The first-order valence-corrected chi connectivity index (χ1v) is 12.9. The zero-order valence-electron chi connectivity index (χ0n) is 19.0. The van der Waals surface area contributed by atoms with E-state index in [-0.39, 0.29) is 23.1 Å². The zero-order valence-corrected chi connectivity index (χ0v) is 19.8. The van der Waals surface area contributed by atoms with E-state index in [2.05, 4.69) is 5.32 Å². The highest BCUT2D eigenvalue weighted by molar-refractivity contribution is 7.92. The molecule has 1 aliphatic rings. The molecule has 34 heavy (non-hydrogen) atoms. The van der Waals surface area contributed by atoms with Crippen LogP contribution >= 0.6 is 0 Å². The van der Waals surface area contributed by atoms with Crippen LogP contribution in [0.1, 0.15) is 36.5 Å². The number of carbonyl (C=O) groups is 3. The van der Waals surface area contributed by atoms with Gasteiger partial charge >= 0.3 is 0 Å². The molecule has 1 fully saturated rings. The molecule has 8 nitrogen and oxygen atoms in total. The highest BCUT2D eigenvalue weighted by atomic mass is 32.2. The number of likely N-dealkylation sites (tertiary alicyclic amines) is 1. The van der Waals surface area contributed by atoms with E-state index in [0.29, 0.717) is 22.2 Å². The molecule has 1 aromatic heterocycles. The van der Waals surface area contributed by atoms with E-state index in [4.69, 9.17) is 0 Å². The number of Topliss-reactive ketones (excluding diaryl/α,β-unsaturated/α-hetero) is 1. The largest absolute Gasteiger partial charge is 0.341 e. The van der Waals surface area contributed by atoms with Gasteiger partial charge in [-0.3, -0.25) is 14.4 Å². The minimum Gasteiger partial charge on any atom is -0.341 e. The molecule has 2 heterocycles. The van der Waals surface area contributed by atoms with E-state index in [1.165, 1.54) is 13.1 Å². The number of anilines is 1. The summed E-state index contributed by atoms with van der Waals surface area (Å²) in [6.07, 6.45) is 4.52. The Bertz CT molecular complexity index is 1340. The third-order valence-corrected chi connectivity index (χ3v) is 7.64. The van der Waals surface area contributed by atoms with Crippen LogP contribution in [-0.2, 0) is 26.0 Å². The highest BCUT2D eigenvalue weighted by Crippen LogP contribution is 2.27. The van der Waals surface area contributed by atoms with Crippen LogP contribution in [0.25, 0.3) is 10.9 Å². The predicted octanol–water partition coefficient (Wildman–Crippen LogP) is 3.27. The summed E-state index contributed by atoms with van der Waals surface area (Å²) in [6.45, 7) is 2.93. The minimum atomic E-state index is -3.98. The Kier molecular flexibility index (Phi) is 6.83. The summed E-state index contributed by atoms with van der Waals surface area (Å²) < 4.78 is 28.0. The second kappa shape index (κ2) is 9.80. The Morgan fingerprint density at radius 2 is 1.62 bits per heavy atom. The number of carbonyl (C=O) groups excluding carboxylic acids is 3. The summed E-state index contributed by atoms with van der Waals surface area (Å²) in [5.74, 6) is -1.57. The lowest BCUT2D eigenvalue weighted by Gasteiger charge is -2.27. The van der Waals surface area contributed by atoms with Crippen LogP contribution in [0.5, 0.6) is 0 Å². The third-order valence-electron chi connectivity index (χ3n) is 6.00. The SMILES string of the molecule is CC(=O)c1ccc(NC(=O)CS(=O)(=O)c2cn(CC(=O)N3CCCCC3)c3ccccc23)cc1. The first-order valence-electron chi connectivity index (χ1n) is 11.2. The van der Waals surface area contributed by atoms with Crippen LogP contribution in [0.4, 0.5) is 5.69 Å². The van der Waals surface area contributed by atoms with Gasteiger partial charge < -0.3 is 14.8 Å². The second-order valence-electron chi connectivity index (χ2n) is 8.52. The number of sulfone groups is 1. The van der Waals surface area contributed by atoms with Gasteiger partial charge in [-0.25, -0.2) is 8.42 Å². The van der Waals surface area contributed by atoms with Crippen LogP contribution in [-0.4, -0.2) is 54.3 Å². The first kappa shape index (κ1) is 23.7. The number of ketones is 1. The summed E-state index contributed by atoms with van der Waals surface area (Å²) in [7, 11) is -3.98. The molecule has 0 atom stereocenters. The molecule has 9 heteroatoms. The molecule has 4 rings (SSSR count). The Labute approximate surface area is 198 Å². The van der Waals surface area contributed by atoms with Crippen molar-refractivity contribution in [1.29, 1.82) is 0 Å². The molecule has 0 bridgehead atoms. The number of aromatic nitrogens is 1. The van der Waals surface area contributed by atoms with E-state index in [9.17, 15) is 22.8 Å². The van der Waals surface area contributed by atoms with Crippen LogP contribution in [0.3, 0.4) is 0 Å². The normalized spacial score (nSPS) is 14.2. The number of amides is 2. The number of benzene rings is 2. The van der Waals surface area contributed by atoms with Gasteiger partial charge in [-0.1, -0.05) is 18.2 Å². The molecule has 3 aromatic rings. The van der Waals surface area contributed by atoms with Crippen LogP contribution in [0.15, 0.2) is 59.6 Å². The molecule has 0 aliphatic carbocycles. The van der Waals surface area contributed by atoms with Crippen molar-refractivity contribution in [2.45, 2.75) is 37.6 Å². The van der Waals surface area contributed by atoms with Gasteiger partial charge in [0.1, 0.15) is 12.3 Å². The molecule has 0 radical (unpaired) electrons. The molecule has 2 aromatic carbocycles. The lowest BCUT2D eigenvalue weighted by molar-refractivity contribution is -0.132. The average molecular weight is 482 g/mol. The lowest BCUT2D eigenvalue weighted by Crippen LogP contribution is -2.37. The summed E-state index contributed by atoms with van der Waals surface area (Å²) in [5.41, 5.74) is 1.53. The Morgan fingerprint density at radius 3 is 2.29 bits per heavy atom. The molecule has 0 unspecified atom stereocenters. The smallest absolute Gasteiger partial charge is 0.242 e. The Morgan fingerprint density at radius 1 is 0.941 bits per heavy atom. The summed E-state index contributed by atoms with van der Waals surface area (Å²) in [6, 6.07) is 13.2. The van der Waals surface area contributed by atoms with Crippen molar-refractivity contribution < 1.29 is 22.8 Å². The van der Waals surface area contributed by atoms with Gasteiger partial charge in [0.2, 0.25) is 11.8 Å². The van der Waals surface area contributed by atoms with Gasteiger partial charge in [-0.2, -0.15) is 0 Å². The van der Waals surface area contributed by atoms with Gasteiger partial charge in [0, 0.05) is 41.4 Å². The summed E-state index contributed by atoms with van der Waals surface area (Å²) in [5, 5.41) is 3.05. The number of piperidine rings is 1. The molecule has 0 saturated carbocycles. The minimum absolute atomic E-state index is 0.0246. The molecule has 1 aliphatic heterocycles. The van der Waals surface area contributed by atoms with Gasteiger partial charge in [0.05, 0.1) is 4.90 Å². The fourth-order valence-electron chi connectivity index (χ4n) is 4.22. The maximum atomic E-state index is 13.2. The monoisotopic (exact) mass is 481 g/mol. The Hall–Kier alpha value is -3.46. The summed E-state index contributed by atoms with van der Waals surface area (Å²) >= 11 is 0. The van der Waals surface area contributed by atoms with E-state index < -0.39 is 21.5 Å². The average Bonchev–Trinajstić information content (AvgIpc) is 3.19. The number of para-hydroxylation sites is 1. The molecular formula is C25H27N3O5S. The zero-order chi connectivity index (χ0) is 24.3. The first-order chi connectivity index (χ1) is 16.2. The number of rotatable bonds is 7.